The van der Waals surface area contributed by atoms with Gasteiger partial charge in [0.05, 0.1) is 32.7 Å². The van der Waals surface area contributed by atoms with Crippen LogP contribution < -0.4 is 26.6 Å². The first kappa shape index (κ1) is 50.2. The van der Waals surface area contributed by atoms with Crippen molar-refractivity contribution in [2.75, 3.05) is 93.3 Å². The molecule has 0 saturated heterocycles. The lowest BCUT2D eigenvalue weighted by Gasteiger charge is -2.33. The summed E-state index contributed by atoms with van der Waals surface area (Å²) in [5.41, 5.74) is 4.53. The monoisotopic (exact) mass is 917 g/mol. The SMILES string of the molecule is CC(c1ccccc1)N(CCN(CCN(CC(=O)NC1=CC=CCC1)CC(=O)Nc1ccccc1)CCN(CC(=O)Nc1ccccc1)CC(=O)Nc1ccccc1)CC(=O)Nc1ccccc1. The molecule has 1 atom stereocenters. The maximum absolute atomic E-state index is 13.6. The highest BCUT2D eigenvalue weighted by molar-refractivity contribution is 5.95. The van der Waals surface area contributed by atoms with Crippen LogP contribution in [0, 0.1) is 0 Å². The van der Waals surface area contributed by atoms with Gasteiger partial charge in [-0.25, -0.2) is 0 Å². The molecule has 5 aromatic rings. The molecule has 0 spiro atoms. The van der Waals surface area contributed by atoms with Crippen LogP contribution in [0.3, 0.4) is 0 Å². The molecule has 0 aromatic heterocycles. The van der Waals surface area contributed by atoms with Crippen LogP contribution >= 0.6 is 0 Å². The summed E-state index contributed by atoms with van der Waals surface area (Å²) in [5.74, 6) is -1.18. The van der Waals surface area contributed by atoms with E-state index in [4.69, 9.17) is 0 Å². The predicted octanol–water partition coefficient (Wildman–Crippen LogP) is 6.86. The highest BCUT2D eigenvalue weighted by atomic mass is 16.2. The Morgan fingerprint density at radius 2 is 0.765 bits per heavy atom. The Morgan fingerprint density at radius 3 is 1.15 bits per heavy atom. The highest BCUT2D eigenvalue weighted by Crippen LogP contribution is 2.20. The van der Waals surface area contributed by atoms with Gasteiger partial charge in [0.15, 0.2) is 0 Å². The number of amides is 5. The van der Waals surface area contributed by atoms with Crippen LogP contribution in [0.4, 0.5) is 22.7 Å². The summed E-state index contributed by atoms with van der Waals surface area (Å²) in [6.07, 6.45) is 7.42. The molecule has 1 aliphatic rings. The number of carbonyl (C=O) groups is 5. The lowest BCUT2D eigenvalue weighted by molar-refractivity contribution is -0.123. The van der Waals surface area contributed by atoms with Gasteiger partial charge in [0.1, 0.15) is 0 Å². The molecule has 0 bridgehead atoms. The van der Waals surface area contributed by atoms with Gasteiger partial charge in [-0.2, -0.15) is 0 Å². The van der Waals surface area contributed by atoms with Gasteiger partial charge in [0.25, 0.3) is 0 Å². The molecule has 14 heteroatoms. The smallest absolute Gasteiger partial charge is 0.238 e. The topological polar surface area (TPSA) is 158 Å². The van der Waals surface area contributed by atoms with E-state index >= 15 is 0 Å². The zero-order chi connectivity index (χ0) is 47.8. The van der Waals surface area contributed by atoms with Gasteiger partial charge in [0.2, 0.25) is 29.5 Å². The molecule has 1 aliphatic carbocycles. The van der Waals surface area contributed by atoms with E-state index < -0.39 is 0 Å². The Balaban J connectivity index is 1.23. The normalized spacial score (nSPS) is 12.6. The second-order valence-electron chi connectivity index (χ2n) is 16.7. The van der Waals surface area contributed by atoms with E-state index in [1.54, 1.807) is 0 Å². The molecule has 6 rings (SSSR count). The van der Waals surface area contributed by atoms with E-state index in [-0.39, 0.29) is 68.3 Å². The van der Waals surface area contributed by atoms with Crippen molar-refractivity contribution in [3.05, 3.63) is 181 Å². The molecule has 5 N–H and O–H groups in total. The van der Waals surface area contributed by atoms with Crippen LogP contribution in [0.2, 0.25) is 0 Å². The Morgan fingerprint density at radius 1 is 0.426 bits per heavy atom. The average Bonchev–Trinajstić information content (AvgIpc) is 3.34. The van der Waals surface area contributed by atoms with Crippen molar-refractivity contribution < 1.29 is 24.0 Å². The molecular weight excluding hydrogens is 855 g/mol. The molecule has 14 nitrogen and oxygen atoms in total. The molecule has 5 aromatic carbocycles. The van der Waals surface area contributed by atoms with Crippen molar-refractivity contribution in [2.45, 2.75) is 25.8 Å². The maximum atomic E-state index is 13.6. The largest absolute Gasteiger partial charge is 0.329 e. The Bertz CT molecular complexity index is 2350. The number of carbonyl (C=O) groups excluding carboxylic acids is 5. The zero-order valence-corrected chi connectivity index (χ0v) is 38.8. The number of para-hydroxylation sites is 4. The van der Waals surface area contributed by atoms with Crippen molar-refractivity contribution in [3.8, 4) is 0 Å². The van der Waals surface area contributed by atoms with E-state index in [1.807, 2.05) is 174 Å². The van der Waals surface area contributed by atoms with Gasteiger partial charge in [-0.15, -0.1) is 0 Å². The maximum Gasteiger partial charge on any atom is 0.238 e. The highest BCUT2D eigenvalue weighted by Gasteiger charge is 2.23. The van der Waals surface area contributed by atoms with E-state index in [2.05, 4.69) is 49.4 Å². The first-order valence-corrected chi connectivity index (χ1v) is 23.2. The fourth-order valence-corrected chi connectivity index (χ4v) is 7.76. The minimum Gasteiger partial charge on any atom is -0.329 e. The van der Waals surface area contributed by atoms with Crippen molar-refractivity contribution in [2.24, 2.45) is 0 Å². The molecule has 0 aliphatic heterocycles. The summed E-state index contributed by atoms with van der Waals surface area (Å²) in [4.78, 5) is 75.8. The van der Waals surface area contributed by atoms with E-state index in [1.165, 1.54) is 0 Å². The second-order valence-corrected chi connectivity index (χ2v) is 16.7. The fraction of sp³-hybridized carbons (Fsp3) is 0.278. The zero-order valence-electron chi connectivity index (χ0n) is 38.8. The number of rotatable bonds is 26. The molecule has 5 amide bonds. The van der Waals surface area contributed by atoms with E-state index in [0.29, 0.717) is 62.0 Å². The van der Waals surface area contributed by atoms with Crippen molar-refractivity contribution in [1.29, 1.82) is 0 Å². The molecule has 0 fully saturated rings. The van der Waals surface area contributed by atoms with Crippen molar-refractivity contribution in [1.82, 2.24) is 24.9 Å². The Kier molecular flexibility index (Phi) is 20.2. The number of anilines is 4. The molecule has 1 unspecified atom stereocenters. The lowest BCUT2D eigenvalue weighted by Crippen LogP contribution is -2.48. The minimum atomic E-state index is -0.271. The summed E-state index contributed by atoms with van der Waals surface area (Å²) < 4.78 is 0. The molecule has 0 radical (unpaired) electrons. The average molecular weight is 918 g/mol. The molecule has 68 heavy (non-hydrogen) atoms. The number of allylic oxidation sites excluding steroid dienone is 4. The third-order valence-corrected chi connectivity index (χ3v) is 11.4. The number of nitrogens with one attached hydrogen (secondary N) is 5. The molecule has 0 heterocycles. The Labute approximate surface area is 400 Å². The van der Waals surface area contributed by atoms with Crippen LogP contribution in [0.25, 0.3) is 0 Å². The van der Waals surface area contributed by atoms with Crippen LogP contribution in [0.15, 0.2) is 176 Å². The standard InChI is InChI=1S/C54H63N9O5/c1-43(44-20-8-2-9-21-44)63(42-54(68)59-49-30-18-7-19-31-49)37-36-60(32-34-61(38-50(64)55-45-22-10-3-11-23-45)39-51(65)56-46-24-12-4-13-25-46)33-35-62(40-52(66)57-47-26-14-5-15-27-47)41-53(67)58-48-28-16-6-17-29-48/h2-16,18-28,30-31,43H,17,29,32-42H2,1H3,(H,55,64)(H,56,65)(H,57,66)(H,58,67)(H,59,68). The van der Waals surface area contributed by atoms with Gasteiger partial charge in [0, 0.05) is 73.8 Å². The van der Waals surface area contributed by atoms with Crippen molar-refractivity contribution >= 4 is 52.3 Å². The summed E-state index contributed by atoms with van der Waals surface area (Å²) in [6, 6.07) is 46.8. The van der Waals surface area contributed by atoms with Crippen LogP contribution in [-0.2, 0) is 24.0 Å². The minimum absolute atomic E-state index is 0.0284. The summed E-state index contributed by atoms with van der Waals surface area (Å²) in [6.45, 7) is 4.44. The molecule has 0 saturated carbocycles. The fourth-order valence-electron chi connectivity index (χ4n) is 7.76. The first-order valence-electron chi connectivity index (χ1n) is 23.2. The number of hydrogen-bond acceptors (Lipinski definition) is 9. The van der Waals surface area contributed by atoms with Gasteiger partial charge in [-0.05, 0) is 79.9 Å². The van der Waals surface area contributed by atoms with Gasteiger partial charge < -0.3 is 26.6 Å². The lowest BCUT2D eigenvalue weighted by atomic mass is 10.1. The first-order chi connectivity index (χ1) is 33.1. The van der Waals surface area contributed by atoms with Crippen LogP contribution in [0.1, 0.15) is 31.4 Å². The number of benzene rings is 5. The van der Waals surface area contributed by atoms with Gasteiger partial charge in [-0.1, -0.05) is 115 Å². The van der Waals surface area contributed by atoms with Crippen LogP contribution in [0.5, 0.6) is 0 Å². The predicted molar refractivity (Wildman–Crippen MR) is 271 cm³/mol. The molecule has 354 valence electrons. The van der Waals surface area contributed by atoms with Gasteiger partial charge >= 0.3 is 0 Å². The number of hydrogen-bond donors (Lipinski definition) is 5. The van der Waals surface area contributed by atoms with E-state index in [9.17, 15) is 24.0 Å². The summed E-state index contributed by atoms with van der Waals surface area (Å²) in [7, 11) is 0. The van der Waals surface area contributed by atoms with Crippen molar-refractivity contribution in [3.63, 3.8) is 0 Å². The third kappa shape index (κ3) is 18.2. The van der Waals surface area contributed by atoms with Gasteiger partial charge in [-0.3, -0.25) is 43.6 Å². The second kappa shape index (κ2) is 27.4. The quantitative estimate of drug-likeness (QED) is 0.0400. The third-order valence-electron chi connectivity index (χ3n) is 11.4. The summed E-state index contributed by atoms with van der Waals surface area (Å²) >= 11 is 0. The Hall–Kier alpha value is -7.23. The van der Waals surface area contributed by atoms with Crippen LogP contribution in [-0.4, -0.2) is 121 Å². The molecular formula is C54H63N9O5. The summed E-state index contributed by atoms with van der Waals surface area (Å²) in [5, 5.41) is 14.9. The number of nitrogens with zero attached hydrogens (tertiary/aromatic N) is 4. The van der Waals surface area contributed by atoms with E-state index in [0.717, 1.165) is 24.1 Å².